The van der Waals surface area contributed by atoms with Crippen molar-refractivity contribution in [2.24, 2.45) is 0 Å². The lowest BCUT2D eigenvalue weighted by Gasteiger charge is -2.22. The van der Waals surface area contributed by atoms with Crippen molar-refractivity contribution in [3.8, 4) is 0 Å². The van der Waals surface area contributed by atoms with Crippen molar-refractivity contribution >= 4 is 39.2 Å². The molecule has 0 spiro atoms. The molecule has 5 aromatic rings. The highest BCUT2D eigenvalue weighted by atomic mass is 16.3. The van der Waals surface area contributed by atoms with Crippen LogP contribution in [0.25, 0.3) is 21.9 Å². The highest BCUT2D eigenvalue weighted by Gasteiger charge is 2.51. The number of carbonyl (C=O) groups excluding carboxylic acids is 2. The van der Waals surface area contributed by atoms with Crippen molar-refractivity contribution in [3.05, 3.63) is 102 Å². The minimum absolute atomic E-state index is 0.136. The average Bonchev–Trinajstić information content (AvgIpc) is 3.53. The number of aliphatic hydroxyl groups is 1. The zero-order valence-electron chi connectivity index (χ0n) is 18.3. The Morgan fingerprint density at radius 1 is 1.00 bits per heavy atom. The van der Waals surface area contributed by atoms with Crippen LogP contribution < -0.4 is 4.90 Å². The van der Waals surface area contributed by atoms with Gasteiger partial charge in [0.25, 0.3) is 5.91 Å². The van der Waals surface area contributed by atoms with E-state index >= 15 is 0 Å². The lowest BCUT2D eigenvalue weighted by Crippen LogP contribution is -2.42. The molecule has 1 atom stereocenters. The molecule has 6 rings (SSSR count). The molecule has 1 amide bonds. The van der Waals surface area contributed by atoms with Gasteiger partial charge in [0, 0.05) is 34.6 Å². The second-order valence-corrected chi connectivity index (χ2v) is 8.69. The van der Waals surface area contributed by atoms with Crippen molar-refractivity contribution in [2.75, 3.05) is 11.4 Å². The van der Waals surface area contributed by atoms with E-state index in [1.165, 1.54) is 0 Å². The number of para-hydroxylation sites is 3. The molecular weight excluding hydrogens is 428 g/mol. The molecule has 0 unspecified atom stereocenters. The van der Waals surface area contributed by atoms with Crippen molar-refractivity contribution in [1.29, 1.82) is 0 Å². The Morgan fingerprint density at radius 3 is 2.65 bits per heavy atom. The number of Topliss-reactive ketones (excluding diaryl/α,β-unsaturated/α-hetero) is 1. The van der Waals surface area contributed by atoms with Crippen molar-refractivity contribution < 1.29 is 19.1 Å². The predicted octanol–water partition coefficient (Wildman–Crippen LogP) is 4.96. The molecule has 0 saturated heterocycles. The van der Waals surface area contributed by atoms with Gasteiger partial charge in [-0.15, -0.1) is 0 Å². The van der Waals surface area contributed by atoms with Gasteiger partial charge in [-0.3, -0.25) is 9.59 Å². The van der Waals surface area contributed by atoms with Gasteiger partial charge in [0.1, 0.15) is 5.58 Å². The molecule has 168 valence electrons. The Kier molecular flexibility index (Phi) is 4.64. The van der Waals surface area contributed by atoms with Crippen LogP contribution in [-0.4, -0.2) is 28.3 Å². The van der Waals surface area contributed by atoms with Crippen LogP contribution in [0.2, 0.25) is 0 Å². The normalized spacial score (nSPS) is 17.6. The summed E-state index contributed by atoms with van der Waals surface area (Å²) in [7, 11) is 0. The highest BCUT2D eigenvalue weighted by molar-refractivity contribution is 6.10. The number of benzene rings is 3. The number of fused-ring (bicyclic) bond motifs is 3. The third-order valence-corrected chi connectivity index (χ3v) is 6.64. The second-order valence-electron chi connectivity index (χ2n) is 8.69. The number of hydrogen-bond donors (Lipinski definition) is 2. The average molecular weight is 450 g/mol. The Bertz CT molecular complexity index is 1530. The van der Waals surface area contributed by atoms with Crippen LogP contribution in [0.4, 0.5) is 5.69 Å². The summed E-state index contributed by atoms with van der Waals surface area (Å²) in [6, 6.07) is 24.1. The Morgan fingerprint density at radius 2 is 1.76 bits per heavy atom. The molecule has 3 heterocycles. The third-order valence-electron chi connectivity index (χ3n) is 6.64. The highest BCUT2D eigenvalue weighted by Crippen LogP contribution is 2.43. The maximum Gasteiger partial charge on any atom is 0.264 e. The second kappa shape index (κ2) is 7.71. The molecule has 0 saturated carbocycles. The number of ketones is 1. The molecule has 3 aromatic carbocycles. The lowest BCUT2D eigenvalue weighted by molar-refractivity contribution is -0.135. The fraction of sp³-hybridized carbons (Fsp3) is 0.143. The van der Waals surface area contributed by atoms with E-state index in [1.54, 1.807) is 29.2 Å². The zero-order chi connectivity index (χ0) is 23.3. The van der Waals surface area contributed by atoms with Gasteiger partial charge in [-0.1, -0.05) is 54.6 Å². The number of H-pyrrole nitrogens is 1. The number of anilines is 1. The number of aromatic nitrogens is 1. The van der Waals surface area contributed by atoms with Crippen LogP contribution in [0.5, 0.6) is 0 Å². The van der Waals surface area contributed by atoms with E-state index in [1.807, 2.05) is 60.8 Å². The molecule has 0 bridgehead atoms. The van der Waals surface area contributed by atoms with Crippen LogP contribution >= 0.6 is 0 Å². The molecule has 6 nitrogen and oxygen atoms in total. The first kappa shape index (κ1) is 20.4. The van der Waals surface area contributed by atoms with E-state index in [2.05, 4.69) is 4.98 Å². The number of aromatic amines is 1. The summed E-state index contributed by atoms with van der Waals surface area (Å²) in [6.45, 7) is 0.388. The standard InChI is InChI=1S/C28H22N2O4/c31-24(26-15-18-7-1-6-12-25(18)34-26)16-28(33)21-9-3-5-11-23(21)30(27(28)32)14-13-19-17-29-22-10-4-2-8-20(19)22/h1-12,15,17,29,33H,13-14,16H2/t28-/m1/s1. The number of carbonyl (C=O) groups is 2. The SMILES string of the molecule is O=C(C[C@]1(O)C(=O)N(CCc2c[nH]c3ccccc23)c2ccccc21)c1cc2ccccc2o1. The maximum absolute atomic E-state index is 13.5. The summed E-state index contributed by atoms with van der Waals surface area (Å²) < 4.78 is 5.68. The number of amides is 1. The van der Waals surface area contributed by atoms with Gasteiger partial charge < -0.3 is 19.4 Å². The number of nitrogens with zero attached hydrogens (tertiary/aromatic N) is 1. The summed E-state index contributed by atoms with van der Waals surface area (Å²) in [5, 5.41) is 13.5. The van der Waals surface area contributed by atoms with Crippen LogP contribution in [0.15, 0.2) is 89.5 Å². The van der Waals surface area contributed by atoms with Crippen molar-refractivity contribution in [3.63, 3.8) is 0 Å². The Balaban J connectivity index is 1.29. The summed E-state index contributed by atoms with van der Waals surface area (Å²) in [4.78, 5) is 31.5. The quantitative estimate of drug-likeness (QED) is 0.358. The van der Waals surface area contributed by atoms with Crippen molar-refractivity contribution in [2.45, 2.75) is 18.4 Å². The number of furan rings is 1. The van der Waals surface area contributed by atoms with E-state index in [9.17, 15) is 14.7 Å². The molecule has 0 aliphatic carbocycles. The van der Waals surface area contributed by atoms with Gasteiger partial charge in [0.2, 0.25) is 5.78 Å². The fourth-order valence-corrected chi connectivity index (χ4v) is 4.91. The maximum atomic E-state index is 13.5. The molecule has 1 aliphatic rings. The number of hydrogen-bond acceptors (Lipinski definition) is 4. The largest absolute Gasteiger partial charge is 0.453 e. The monoisotopic (exact) mass is 450 g/mol. The van der Waals surface area contributed by atoms with Gasteiger partial charge in [0.15, 0.2) is 11.4 Å². The van der Waals surface area contributed by atoms with Gasteiger partial charge in [0.05, 0.1) is 12.1 Å². The van der Waals surface area contributed by atoms with E-state index in [-0.39, 0.29) is 12.2 Å². The number of nitrogens with one attached hydrogen (secondary N) is 1. The molecular formula is C28H22N2O4. The summed E-state index contributed by atoms with van der Waals surface area (Å²) in [6.07, 6.45) is 2.18. The van der Waals surface area contributed by atoms with Crippen LogP contribution in [-0.2, 0) is 16.8 Å². The molecule has 2 aromatic heterocycles. The first-order valence-electron chi connectivity index (χ1n) is 11.3. The first-order chi connectivity index (χ1) is 16.5. The molecule has 0 radical (unpaired) electrons. The topological polar surface area (TPSA) is 86.5 Å². The number of rotatable bonds is 6. The van der Waals surface area contributed by atoms with E-state index < -0.39 is 17.3 Å². The van der Waals surface area contributed by atoms with Gasteiger partial charge >= 0.3 is 0 Å². The smallest absolute Gasteiger partial charge is 0.264 e. The summed E-state index contributed by atoms with van der Waals surface area (Å²) in [5.74, 6) is -0.768. The molecule has 34 heavy (non-hydrogen) atoms. The first-order valence-corrected chi connectivity index (χ1v) is 11.3. The Hall–Kier alpha value is -4.16. The van der Waals surface area contributed by atoms with Gasteiger partial charge in [-0.2, -0.15) is 0 Å². The zero-order valence-corrected chi connectivity index (χ0v) is 18.3. The predicted molar refractivity (Wildman–Crippen MR) is 130 cm³/mol. The minimum atomic E-state index is -1.94. The van der Waals surface area contributed by atoms with Gasteiger partial charge in [-0.25, -0.2) is 0 Å². The van der Waals surface area contributed by atoms with Crippen LogP contribution in [0, 0.1) is 0 Å². The van der Waals surface area contributed by atoms with Gasteiger partial charge in [-0.05, 0) is 36.2 Å². The van der Waals surface area contributed by atoms with E-state index in [0.717, 1.165) is 21.9 Å². The molecule has 2 N–H and O–H groups in total. The van der Waals surface area contributed by atoms with E-state index in [0.29, 0.717) is 29.8 Å². The van der Waals surface area contributed by atoms with Crippen LogP contribution in [0.3, 0.4) is 0 Å². The molecule has 1 aliphatic heterocycles. The molecule has 6 heteroatoms. The summed E-state index contributed by atoms with van der Waals surface area (Å²) in [5.41, 5.74) is 1.87. The summed E-state index contributed by atoms with van der Waals surface area (Å²) >= 11 is 0. The Labute approximate surface area is 195 Å². The van der Waals surface area contributed by atoms with Crippen molar-refractivity contribution in [1.82, 2.24) is 4.98 Å². The van der Waals surface area contributed by atoms with E-state index in [4.69, 9.17) is 4.42 Å². The molecule has 0 fully saturated rings. The lowest BCUT2D eigenvalue weighted by atomic mass is 9.89. The van der Waals surface area contributed by atoms with Crippen LogP contribution in [0.1, 0.15) is 28.1 Å². The minimum Gasteiger partial charge on any atom is -0.453 e. The third kappa shape index (κ3) is 3.15. The fourth-order valence-electron chi connectivity index (χ4n) is 4.91.